The Morgan fingerprint density at radius 1 is 1.29 bits per heavy atom. The van der Waals surface area contributed by atoms with E-state index in [1.165, 1.54) is 11.1 Å². The molecular weight excluding hydrogens is 212 g/mol. The van der Waals surface area contributed by atoms with Crippen LogP contribution in [0.1, 0.15) is 50.7 Å². The summed E-state index contributed by atoms with van der Waals surface area (Å²) in [5, 5.41) is 9.65. The van der Waals surface area contributed by atoms with Crippen LogP contribution in [0.3, 0.4) is 0 Å². The molecule has 0 radical (unpaired) electrons. The Morgan fingerprint density at radius 2 is 1.88 bits per heavy atom. The Labute approximate surface area is 104 Å². The van der Waals surface area contributed by atoms with Crippen molar-refractivity contribution in [3.8, 4) is 0 Å². The number of carbonyl (C=O) groups is 1. The highest BCUT2D eigenvalue weighted by molar-refractivity contribution is 5.51. The van der Waals surface area contributed by atoms with E-state index < -0.39 is 5.60 Å². The summed E-state index contributed by atoms with van der Waals surface area (Å²) < 4.78 is 0. The molecule has 1 aromatic rings. The van der Waals surface area contributed by atoms with E-state index in [9.17, 15) is 9.90 Å². The zero-order chi connectivity index (χ0) is 12.9. The van der Waals surface area contributed by atoms with Gasteiger partial charge in [0.05, 0.1) is 5.60 Å². The number of aryl methyl sites for hydroxylation is 1. The highest BCUT2D eigenvalue weighted by atomic mass is 16.3. The molecule has 0 saturated heterocycles. The van der Waals surface area contributed by atoms with E-state index >= 15 is 0 Å². The molecule has 0 heterocycles. The first-order valence-electron chi connectivity index (χ1n) is 6.17. The topological polar surface area (TPSA) is 37.3 Å². The maximum absolute atomic E-state index is 10.4. The van der Waals surface area contributed by atoms with Crippen molar-refractivity contribution in [2.45, 2.75) is 51.6 Å². The third-order valence-electron chi connectivity index (χ3n) is 3.02. The quantitative estimate of drug-likeness (QED) is 0.768. The van der Waals surface area contributed by atoms with Crippen molar-refractivity contribution in [2.24, 2.45) is 0 Å². The van der Waals surface area contributed by atoms with Crippen LogP contribution in [-0.4, -0.2) is 17.0 Å². The van der Waals surface area contributed by atoms with Crippen molar-refractivity contribution in [2.75, 3.05) is 0 Å². The molecule has 1 atom stereocenters. The van der Waals surface area contributed by atoms with Crippen LogP contribution in [0.2, 0.25) is 0 Å². The summed E-state index contributed by atoms with van der Waals surface area (Å²) in [7, 11) is 0. The van der Waals surface area contributed by atoms with Gasteiger partial charge < -0.3 is 9.90 Å². The largest absolute Gasteiger partial charge is 0.390 e. The van der Waals surface area contributed by atoms with Crippen LogP contribution in [0.5, 0.6) is 0 Å². The molecule has 0 aliphatic rings. The zero-order valence-electron chi connectivity index (χ0n) is 10.9. The summed E-state index contributed by atoms with van der Waals surface area (Å²) in [5.74, 6) is 0.288. The number of rotatable bonds is 6. The minimum Gasteiger partial charge on any atom is -0.390 e. The maximum atomic E-state index is 10.4. The summed E-state index contributed by atoms with van der Waals surface area (Å²) in [5.41, 5.74) is 1.82. The molecule has 0 aliphatic carbocycles. The summed E-state index contributed by atoms with van der Waals surface area (Å²) in [6.45, 7) is 5.71. The lowest BCUT2D eigenvalue weighted by atomic mass is 9.94. The molecule has 0 bridgehead atoms. The average Bonchev–Trinajstić information content (AvgIpc) is 2.26. The Morgan fingerprint density at radius 3 is 2.35 bits per heavy atom. The van der Waals surface area contributed by atoms with Gasteiger partial charge in [0.15, 0.2) is 0 Å². The van der Waals surface area contributed by atoms with Crippen LogP contribution >= 0.6 is 0 Å². The van der Waals surface area contributed by atoms with Crippen molar-refractivity contribution in [1.29, 1.82) is 0 Å². The Balaban J connectivity index is 2.59. The molecule has 0 aromatic heterocycles. The lowest BCUT2D eigenvalue weighted by Crippen LogP contribution is -2.19. The molecule has 17 heavy (non-hydrogen) atoms. The number of carbonyl (C=O) groups excluding carboxylic acids is 1. The van der Waals surface area contributed by atoms with Gasteiger partial charge >= 0.3 is 0 Å². The van der Waals surface area contributed by atoms with Crippen molar-refractivity contribution < 1.29 is 9.90 Å². The first-order valence-corrected chi connectivity index (χ1v) is 6.17. The number of benzene rings is 1. The minimum atomic E-state index is -0.608. The van der Waals surface area contributed by atoms with Gasteiger partial charge in [0.1, 0.15) is 6.29 Å². The lowest BCUT2D eigenvalue weighted by molar-refractivity contribution is -0.108. The van der Waals surface area contributed by atoms with E-state index in [2.05, 4.69) is 31.2 Å². The molecule has 1 rings (SSSR count). The predicted octanol–water partition coefficient (Wildman–Crippen LogP) is 3.08. The fraction of sp³-hybridized carbons (Fsp3) is 0.533. The zero-order valence-corrected chi connectivity index (χ0v) is 10.9. The third-order valence-corrected chi connectivity index (χ3v) is 3.02. The van der Waals surface area contributed by atoms with E-state index in [4.69, 9.17) is 0 Å². The lowest BCUT2D eigenvalue weighted by Gasteiger charge is -2.17. The number of hydrogen-bond acceptors (Lipinski definition) is 2. The molecular formula is C15H22O2. The number of hydrogen-bond donors (Lipinski definition) is 1. The second-order valence-corrected chi connectivity index (χ2v) is 5.36. The summed E-state index contributed by atoms with van der Waals surface area (Å²) in [6.07, 6.45) is 3.18. The van der Waals surface area contributed by atoms with Crippen LogP contribution in [0, 0.1) is 0 Å². The fourth-order valence-electron chi connectivity index (χ4n) is 1.74. The molecule has 2 nitrogen and oxygen atoms in total. The smallest absolute Gasteiger partial charge is 0.120 e. The van der Waals surface area contributed by atoms with Gasteiger partial charge in [-0.2, -0.15) is 0 Å². The highest BCUT2D eigenvalue weighted by Crippen LogP contribution is 2.19. The van der Waals surface area contributed by atoms with Gasteiger partial charge in [-0.3, -0.25) is 0 Å². The van der Waals surface area contributed by atoms with Crippen molar-refractivity contribution >= 4 is 6.29 Å². The fourth-order valence-corrected chi connectivity index (χ4v) is 1.74. The minimum absolute atomic E-state index is 0.288. The van der Waals surface area contributed by atoms with E-state index in [-0.39, 0.29) is 5.92 Å². The normalized spacial score (nSPS) is 13.4. The Bertz CT molecular complexity index is 346. The molecule has 1 N–H and O–H groups in total. The van der Waals surface area contributed by atoms with Crippen LogP contribution in [-0.2, 0) is 11.2 Å². The standard InChI is InChI=1S/C15H22O2/c1-12(9-11-16)14-6-4-13(5-7-14)8-10-15(2,3)17/h4-7,11-12,17H,8-10H2,1-3H3. The van der Waals surface area contributed by atoms with E-state index in [1.807, 2.05) is 13.8 Å². The summed E-state index contributed by atoms with van der Waals surface area (Å²) >= 11 is 0. The monoisotopic (exact) mass is 234 g/mol. The van der Waals surface area contributed by atoms with E-state index in [1.54, 1.807) is 0 Å². The first-order chi connectivity index (χ1) is 7.92. The van der Waals surface area contributed by atoms with Gasteiger partial charge in [0.2, 0.25) is 0 Å². The molecule has 94 valence electrons. The van der Waals surface area contributed by atoms with Crippen molar-refractivity contribution in [3.63, 3.8) is 0 Å². The Kier molecular flexibility index (Phi) is 4.88. The Hall–Kier alpha value is -1.15. The van der Waals surface area contributed by atoms with Crippen LogP contribution < -0.4 is 0 Å². The van der Waals surface area contributed by atoms with Crippen LogP contribution in [0.25, 0.3) is 0 Å². The summed E-state index contributed by atoms with van der Waals surface area (Å²) in [6, 6.07) is 8.33. The second kappa shape index (κ2) is 5.97. The van der Waals surface area contributed by atoms with Crippen LogP contribution in [0.4, 0.5) is 0 Å². The number of aliphatic hydroxyl groups is 1. The molecule has 0 amide bonds. The third kappa shape index (κ3) is 5.14. The maximum Gasteiger partial charge on any atom is 0.120 e. The highest BCUT2D eigenvalue weighted by Gasteiger charge is 2.12. The molecule has 0 aliphatic heterocycles. The molecule has 0 spiro atoms. The van der Waals surface area contributed by atoms with E-state index in [0.29, 0.717) is 6.42 Å². The average molecular weight is 234 g/mol. The molecule has 1 aromatic carbocycles. The van der Waals surface area contributed by atoms with Crippen molar-refractivity contribution in [1.82, 2.24) is 0 Å². The number of aldehydes is 1. The van der Waals surface area contributed by atoms with Gasteiger partial charge in [0.25, 0.3) is 0 Å². The van der Waals surface area contributed by atoms with Gasteiger partial charge in [-0.1, -0.05) is 31.2 Å². The van der Waals surface area contributed by atoms with Gasteiger partial charge in [0, 0.05) is 6.42 Å². The van der Waals surface area contributed by atoms with Gasteiger partial charge in [-0.15, -0.1) is 0 Å². The molecule has 1 unspecified atom stereocenters. The summed E-state index contributed by atoms with van der Waals surface area (Å²) in [4.78, 5) is 10.4. The van der Waals surface area contributed by atoms with Gasteiger partial charge in [-0.25, -0.2) is 0 Å². The predicted molar refractivity (Wildman–Crippen MR) is 70.2 cm³/mol. The van der Waals surface area contributed by atoms with E-state index in [0.717, 1.165) is 19.1 Å². The molecule has 0 fully saturated rings. The molecule has 2 heteroatoms. The van der Waals surface area contributed by atoms with Crippen molar-refractivity contribution in [3.05, 3.63) is 35.4 Å². The first kappa shape index (κ1) is 13.9. The van der Waals surface area contributed by atoms with Crippen LogP contribution in [0.15, 0.2) is 24.3 Å². The molecule has 0 saturated carbocycles. The second-order valence-electron chi connectivity index (χ2n) is 5.36. The van der Waals surface area contributed by atoms with Gasteiger partial charge in [-0.05, 0) is 43.7 Å². The SMILES string of the molecule is CC(CC=O)c1ccc(CCC(C)(C)O)cc1.